The summed E-state index contributed by atoms with van der Waals surface area (Å²) in [4.78, 5) is 0. The summed E-state index contributed by atoms with van der Waals surface area (Å²) in [5, 5.41) is 7.48. The zero-order chi connectivity index (χ0) is 18.6. The summed E-state index contributed by atoms with van der Waals surface area (Å²) in [6, 6.07) is 15.3. The molecule has 0 aliphatic carbocycles. The van der Waals surface area contributed by atoms with E-state index < -0.39 is 0 Å². The molecule has 0 heterocycles. The van der Waals surface area contributed by atoms with Gasteiger partial charge in [-0.15, -0.1) is 0 Å². The second kappa shape index (κ2) is 8.48. The van der Waals surface area contributed by atoms with Crippen LogP contribution in [0, 0.1) is 19.8 Å². The number of hydrogen-bond donors (Lipinski definition) is 2. The lowest BCUT2D eigenvalue weighted by molar-refractivity contribution is 0.471. The number of benzene rings is 2. The van der Waals surface area contributed by atoms with Crippen molar-refractivity contribution in [2.24, 2.45) is 5.92 Å². The number of anilines is 1. The molecule has 0 aromatic heterocycles. The predicted molar refractivity (Wildman–Crippen MR) is 113 cm³/mol. The fourth-order valence-corrected chi connectivity index (χ4v) is 3.28. The molecule has 134 valence electrons. The van der Waals surface area contributed by atoms with Crippen molar-refractivity contribution < 1.29 is 0 Å². The Bertz CT molecular complexity index is 717. The summed E-state index contributed by atoms with van der Waals surface area (Å²) in [5.74, 6) is 0.971. The van der Waals surface area contributed by atoms with Crippen molar-refractivity contribution in [2.45, 2.75) is 53.5 Å². The largest absolute Gasteiger partial charge is 0.355 e. The van der Waals surface area contributed by atoms with Crippen LogP contribution >= 0.6 is 12.2 Å². The van der Waals surface area contributed by atoms with E-state index in [0.29, 0.717) is 16.9 Å². The first-order valence-electron chi connectivity index (χ1n) is 9.02. The normalized spacial score (nSPS) is 12.3. The van der Waals surface area contributed by atoms with E-state index in [0.717, 1.165) is 5.69 Å². The van der Waals surface area contributed by atoms with Crippen molar-refractivity contribution in [2.75, 3.05) is 5.32 Å². The Hall–Kier alpha value is -1.87. The number of rotatable bonds is 5. The van der Waals surface area contributed by atoms with Gasteiger partial charge >= 0.3 is 0 Å². The molecule has 1 unspecified atom stereocenters. The van der Waals surface area contributed by atoms with Crippen molar-refractivity contribution in [1.29, 1.82) is 0 Å². The van der Waals surface area contributed by atoms with E-state index in [-0.39, 0.29) is 6.04 Å². The molecule has 0 fully saturated rings. The third kappa shape index (κ3) is 5.30. The third-order valence-corrected chi connectivity index (χ3v) is 4.77. The van der Waals surface area contributed by atoms with Gasteiger partial charge in [0.15, 0.2) is 5.11 Å². The van der Waals surface area contributed by atoms with Crippen LogP contribution in [0.4, 0.5) is 5.69 Å². The van der Waals surface area contributed by atoms with Gasteiger partial charge in [0, 0.05) is 5.69 Å². The maximum absolute atomic E-state index is 5.56. The second-order valence-corrected chi connectivity index (χ2v) is 7.87. The molecule has 0 saturated carbocycles. The van der Waals surface area contributed by atoms with Crippen molar-refractivity contribution >= 4 is 23.0 Å². The number of hydrogen-bond acceptors (Lipinski definition) is 1. The average molecular weight is 355 g/mol. The second-order valence-electron chi connectivity index (χ2n) is 7.46. The van der Waals surface area contributed by atoms with E-state index in [1.54, 1.807) is 0 Å². The van der Waals surface area contributed by atoms with Crippen LogP contribution in [0.5, 0.6) is 0 Å². The number of aryl methyl sites for hydroxylation is 2. The lowest BCUT2D eigenvalue weighted by Gasteiger charge is -2.26. The Labute approximate surface area is 158 Å². The molecule has 2 N–H and O–H groups in total. The van der Waals surface area contributed by atoms with Crippen molar-refractivity contribution in [3.63, 3.8) is 0 Å². The van der Waals surface area contributed by atoms with Gasteiger partial charge in [-0.3, -0.25) is 0 Å². The molecule has 2 aromatic carbocycles. The van der Waals surface area contributed by atoms with Crippen LogP contribution in [0.2, 0.25) is 0 Å². The molecule has 0 radical (unpaired) electrons. The molecule has 0 bridgehead atoms. The summed E-state index contributed by atoms with van der Waals surface area (Å²) >= 11 is 5.56. The van der Waals surface area contributed by atoms with E-state index >= 15 is 0 Å². The van der Waals surface area contributed by atoms with Gasteiger partial charge in [0.1, 0.15) is 0 Å². The Morgan fingerprint density at radius 1 is 0.920 bits per heavy atom. The first-order valence-corrected chi connectivity index (χ1v) is 9.43. The summed E-state index contributed by atoms with van der Waals surface area (Å²) in [6.45, 7) is 13.1. The van der Waals surface area contributed by atoms with E-state index in [2.05, 4.69) is 94.6 Å². The van der Waals surface area contributed by atoms with Crippen LogP contribution in [0.1, 0.15) is 61.9 Å². The molecule has 0 saturated heterocycles. The van der Waals surface area contributed by atoms with Gasteiger partial charge in [-0.25, -0.2) is 0 Å². The molecule has 1 atom stereocenters. The molecule has 25 heavy (non-hydrogen) atoms. The lowest BCUT2D eigenvalue weighted by Crippen LogP contribution is -2.35. The summed E-state index contributed by atoms with van der Waals surface area (Å²) < 4.78 is 0. The smallest absolute Gasteiger partial charge is 0.171 e. The van der Waals surface area contributed by atoms with Crippen molar-refractivity contribution in [1.82, 2.24) is 5.32 Å². The number of nitrogens with one attached hydrogen (secondary N) is 2. The standard InChI is InChI=1S/C22H30N2S/c1-14(2)18-8-10-19(11-9-18)23-22(25)24-21(15(3)4)20-12-7-16(5)13-17(20)6/h7-15,21H,1-6H3,(H2,23,24,25). The Kier molecular flexibility index (Phi) is 6.60. The fraction of sp³-hybridized carbons (Fsp3) is 0.409. The predicted octanol–water partition coefficient (Wildman–Crippen LogP) is 6.11. The molecule has 3 heteroatoms. The first kappa shape index (κ1) is 19.5. The molecule has 0 aliphatic rings. The maximum atomic E-state index is 5.56. The highest BCUT2D eigenvalue weighted by molar-refractivity contribution is 7.80. The van der Waals surface area contributed by atoms with Gasteiger partial charge in [0.25, 0.3) is 0 Å². The van der Waals surface area contributed by atoms with Crippen LogP contribution in [-0.4, -0.2) is 5.11 Å². The molecular weight excluding hydrogens is 324 g/mol. The minimum atomic E-state index is 0.190. The van der Waals surface area contributed by atoms with E-state index in [4.69, 9.17) is 12.2 Å². The summed E-state index contributed by atoms with van der Waals surface area (Å²) in [5.41, 5.74) is 6.25. The zero-order valence-corrected chi connectivity index (χ0v) is 17.0. The van der Waals surface area contributed by atoms with Gasteiger partial charge in [-0.1, -0.05) is 63.6 Å². The Morgan fingerprint density at radius 3 is 2.08 bits per heavy atom. The van der Waals surface area contributed by atoms with Gasteiger partial charge in [0.05, 0.1) is 6.04 Å². The quantitative estimate of drug-likeness (QED) is 0.633. The first-order chi connectivity index (χ1) is 11.8. The minimum absolute atomic E-state index is 0.190. The van der Waals surface area contributed by atoms with Gasteiger partial charge in [-0.2, -0.15) is 0 Å². The SMILES string of the molecule is Cc1ccc(C(NC(=S)Nc2ccc(C(C)C)cc2)C(C)C)c(C)c1. The minimum Gasteiger partial charge on any atom is -0.355 e. The van der Waals surface area contributed by atoms with Crippen molar-refractivity contribution in [3.05, 3.63) is 64.7 Å². The van der Waals surface area contributed by atoms with Crippen LogP contribution in [0.3, 0.4) is 0 Å². The third-order valence-electron chi connectivity index (χ3n) is 4.55. The zero-order valence-electron chi connectivity index (χ0n) is 16.2. The maximum Gasteiger partial charge on any atom is 0.171 e. The van der Waals surface area contributed by atoms with Crippen molar-refractivity contribution in [3.8, 4) is 0 Å². The monoisotopic (exact) mass is 354 g/mol. The molecule has 0 amide bonds. The molecule has 2 aromatic rings. The van der Waals surface area contributed by atoms with Crippen LogP contribution in [0.25, 0.3) is 0 Å². The average Bonchev–Trinajstić information content (AvgIpc) is 2.53. The number of thiocarbonyl (C=S) groups is 1. The van der Waals surface area contributed by atoms with Crippen LogP contribution < -0.4 is 10.6 Å². The van der Waals surface area contributed by atoms with Crippen LogP contribution in [-0.2, 0) is 0 Å². The highest BCUT2D eigenvalue weighted by atomic mass is 32.1. The highest BCUT2D eigenvalue weighted by Crippen LogP contribution is 2.26. The topological polar surface area (TPSA) is 24.1 Å². The van der Waals surface area contributed by atoms with E-state index in [1.807, 2.05) is 0 Å². The van der Waals surface area contributed by atoms with E-state index in [9.17, 15) is 0 Å². The Morgan fingerprint density at radius 2 is 1.56 bits per heavy atom. The van der Waals surface area contributed by atoms with Gasteiger partial charge in [0.2, 0.25) is 0 Å². The van der Waals surface area contributed by atoms with Crippen LogP contribution in [0.15, 0.2) is 42.5 Å². The highest BCUT2D eigenvalue weighted by Gasteiger charge is 2.18. The molecule has 2 rings (SSSR count). The van der Waals surface area contributed by atoms with Gasteiger partial charge < -0.3 is 10.6 Å². The molecule has 0 spiro atoms. The molecular formula is C22H30N2S. The Balaban J connectivity index is 2.10. The summed E-state index contributed by atoms with van der Waals surface area (Å²) in [6.07, 6.45) is 0. The molecule has 0 aliphatic heterocycles. The van der Waals surface area contributed by atoms with Gasteiger partial charge in [-0.05, 0) is 66.7 Å². The lowest BCUT2D eigenvalue weighted by atomic mass is 9.92. The molecule has 2 nitrogen and oxygen atoms in total. The van der Waals surface area contributed by atoms with E-state index in [1.165, 1.54) is 22.3 Å². The fourth-order valence-electron chi connectivity index (χ4n) is 3.04. The summed E-state index contributed by atoms with van der Waals surface area (Å²) in [7, 11) is 0.